The molecule has 0 spiro atoms. The number of hydrogen-bond acceptors (Lipinski definition) is 7. The van der Waals surface area contributed by atoms with Crippen molar-refractivity contribution in [3.63, 3.8) is 0 Å². The summed E-state index contributed by atoms with van der Waals surface area (Å²) in [6.07, 6.45) is 0. The first-order valence-corrected chi connectivity index (χ1v) is 12.4. The fourth-order valence-corrected chi connectivity index (χ4v) is 5.32. The van der Waals surface area contributed by atoms with E-state index in [4.69, 9.17) is 9.47 Å². The number of fused-ring (bicyclic) bond motifs is 1. The van der Waals surface area contributed by atoms with Gasteiger partial charge in [0.15, 0.2) is 5.82 Å². The number of rotatable bonds is 6. The zero-order chi connectivity index (χ0) is 25.4. The maximum Gasteiger partial charge on any atom is 0.161 e. The van der Waals surface area contributed by atoms with Gasteiger partial charge in [-0.25, -0.2) is 0 Å². The van der Waals surface area contributed by atoms with E-state index in [0.717, 1.165) is 82.7 Å². The molecule has 1 N–H and O–H groups in total. The van der Waals surface area contributed by atoms with Gasteiger partial charge in [-0.3, -0.25) is 0 Å². The lowest BCUT2D eigenvalue weighted by atomic mass is 10.1. The van der Waals surface area contributed by atoms with Gasteiger partial charge >= 0.3 is 0 Å². The highest BCUT2D eigenvalue weighted by atomic mass is 16.5. The predicted octanol–water partition coefficient (Wildman–Crippen LogP) is 4.79. The Kier molecular flexibility index (Phi) is 6.35. The molecule has 0 aliphatic carbocycles. The quantitative estimate of drug-likeness (QED) is 0.419. The molecule has 0 saturated carbocycles. The van der Waals surface area contributed by atoms with Crippen molar-refractivity contribution in [2.75, 3.05) is 49.7 Å². The summed E-state index contributed by atoms with van der Waals surface area (Å²) in [5.74, 6) is 2.75. The van der Waals surface area contributed by atoms with Crippen LogP contribution in [0.4, 0.5) is 11.5 Å². The van der Waals surface area contributed by atoms with Crippen molar-refractivity contribution < 1.29 is 14.6 Å². The molecule has 3 heterocycles. The van der Waals surface area contributed by atoms with Crippen molar-refractivity contribution in [2.24, 2.45) is 0 Å². The van der Waals surface area contributed by atoms with Crippen LogP contribution >= 0.6 is 0 Å². The van der Waals surface area contributed by atoms with Crippen molar-refractivity contribution in [3.8, 4) is 22.9 Å². The van der Waals surface area contributed by atoms with Crippen LogP contribution in [-0.2, 0) is 0 Å². The largest absolute Gasteiger partial charge is 0.508 e. The molecule has 8 heteroatoms. The molecule has 0 atom stereocenters. The number of ether oxygens (including phenoxy) is 2. The molecule has 0 radical (unpaired) electrons. The van der Waals surface area contributed by atoms with Crippen LogP contribution in [0.3, 0.4) is 0 Å². The van der Waals surface area contributed by atoms with Gasteiger partial charge in [-0.1, -0.05) is 6.07 Å². The van der Waals surface area contributed by atoms with Crippen molar-refractivity contribution in [2.45, 2.75) is 27.7 Å². The minimum Gasteiger partial charge on any atom is -0.508 e. The smallest absolute Gasteiger partial charge is 0.161 e. The van der Waals surface area contributed by atoms with E-state index in [1.807, 2.05) is 50.2 Å². The van der Waals surface area contributed by atoms with E-state index in [-0.39, 0.29) is 5.75 Å². The van der Waals surface area contributed by atoms with Gasteiger partial charge < -0.3 is 28.9 Å². The monoisotopic (exact) mass is 487 g/mol. The summed E-state index contributed by atoms with van der Waals surface area (Å²) in [7, 11) is 1.69. The second kappa shape index (κ2) is 9.60. The highest BCUT2D eigenvalue weighted by Gasteiger charge is 2.26. The molecule has 1 saturated heterocycles. The molecule has 2 aromatic carbocycles. The number of piperazine rings is 1. The number of anilines is 2. The Hall–Kier alpha value is -3.94. The fraction of sp³-hybridized carbons (Fsp3) is 0.357. The number of phenols is 1. The number of benzene rings is 2. The van der Waals surface area contributed by atoms with Crippen LogP contribution in [0.2, 0.25) is 0 Å². The van der Waals surface area contributed by atoms with Crippen molar-refractivity contribution >= 4 is 22.3 Å². The molecule has 0 bridgehead atoms. The lowest BCUT2D eigenvalue weighted by Gasteiger charge is -2.36. The molecule has 0 unspecified atom stereocenters. The highest BCUT2D eigenvalue weighted by Crippen LogP contribution is 2.39. The average molecular weight is 488 g/mol. The Morgan fingerprint density at radius 1 is 0.889 bits per heavy atom. The standard InChI is InChI=1S/C28H33N5O3/c1-6-36-23-10-11-24(25(17-23)35-5)33-19(3)26-18(2)29-30-28(27(26)20(33)4)32-14-12-31(13-15-32)21-8-7-9-22(34)16-21/h7-11,16-17,34H,6,12-15H2,1-5H3. The minimum atomic E-state index is 0.290. The summed E-state index contributed by atoms with van der Waals surface area (Å²) < 4.78 is 13.7. The summed E-state index contributed by atoms with van der Waals surface area (Å²) in [5, 5.41) is 21.4. The highest BCUT2D eigenvalue weighted by molar-refractivity contribution is 5.99. The maximum atomic E-state index is 9.88. The fourth-order valence-electron chi connectivity index (χ4n) is 5.32. The van der Waals surface area contributed by atoms with E-state index in [2.05, 4.69) is 38.4 Å². The Balaban J connectivity index is 1.54. The van der Waals surface area contributed by atoms with E-state index in [1.165, 1.54) is 0 Å². The average Bonchev–Trinajstić information content (AvgIpc) is 3.15. The zero-order valence-corrected chi connectivity index (χ0v) is 21.6. The number of methoxy groups -OCH3 is 1. The summed E-state index contributed by atoms with van der Waals surface area (Å²) in [6, 6.07) is 13.4. The maximum absolute atomic E-state index is 9.88. The van der Waals surface area contributed by atoms with Crippen molar-refractivity contribution in [1.29, 1.82) is 0 Å². The number of aryl methyl sites for hydroxylation is 3. The molecule has 36 heavy (non-hydrogen) atoms. The van der Waals surface area contributed by atoms with E-state index in [1.54, 1.807) is 13.2 Å². The van der Waals surface area contributed by atoms with E-state index in [0.29, 0.717) is 6.61 Å². The van der Waals surface area contributed by atoms with Crippen LogP contribution in [0.1, 0.15) is 24.0 Å². The molecule has 4 aromatic rings. The van der Waals surface area contributed by atoms with Gasteiger partial charge in [-0.05, 0) is 52.0 Å². The Labute approximate surface area is 211 Å². The summed E-state index contributed by atoms with van der Waals surface area (Å²) in [6.45, 7) is 12.2. The molecule has 0 amide bonds. The SMILES string of the molecule is CCOc1ccc(-n2c(C)c3c(C)nnc(N4CCN(c5cccc(O)c5)CC4)c3c2C)c(OC)c1. The van der Waals surface area contributed by atoms with Gasteiger partial charge in [0.25, 0.3) is 0 Å². The molecule has 8 nitrogen and oxygen atoms in total. The molecular formula is C28H33N5O3. The first-order chi connectivity index (χ1) is 17.4. The van der Waals surface area contributed by atoms with E-state index in [9.17, 15) is 5.11 Å². The molecule has 188 valence electrons. The van der Waals surface area contributed by atoms with Crippen LogP contribution in [0.25, 0.3) is 16.5 Å². The van der Waals surface area contributed by atoms with Crippen LogP contribution in [0.5, 0.6) is 17.2 Å². The molecule has 1 fully saturated rings. The normalized spacial score (nSPS) is 13.9. The summed E-state index contributed by atoms with van der Waals surface area (Å²) in [4.78, 5) is 4.61. The number of nitrogens with zero attached hydrogens (tertiary/aromatic N) is 5. The van der Waals surface area contributed by atoms with E-state index < -0.39 is 0 Å². The first kappa shape index (κ1) is 23.8. The second-order valence-corrected chi connectivity index (χ2v) is 9.13. The lowest BCUT2D eigenvalue weighted by Crippen LogP contribution is -2.47. The molecule has 2 aromatic heterocycles. The zero-order valence-electron chi connectivity index (χ0n) is 21.6. The topological polar surface area (TPSA) is 75.9 Å². The van der Waals surface area contributed by atoms with Gasteiger partial charge in [0.2, 0.25) is 0 Å². The van der Waals surface area contributed by atoms with Gasteiger partial charge in [0.1, 0.15) is 17.2 Å². The van der Waals surface area contributed by atoms with Crippen LogP contribution in [0, 0.1) is 20.8 Å². The first-order valence-electron chi connectivity index (χ1n) is 12.4. The van der Waals surface area contributed by atoms with Gasteiger partial charge in [-0.2, -0.15) is 5.10 Å². The van der Waals surface area contributed by atoms with Gasteiger partial charge in [0.05, 0.1) is 25.1 Å². The van der Waals surface area contributed by atoms with E-state index >= 15 is 0 Å². The molecule has 1 aliphatic heterocycles. The van der Waals surface area contributed by atoms with Gasteiger partial charge in [-0.15, -0.1) is 5.10 Å². The minimum absolute atomic E-state index is 0.290. The number of aromatic nitrogens is 3. The van der Waals surface area contributed by atoms with Crippen LogP contribution in [0.15, 0.2) is 42.5 Å². The number of phenolic OH excluding ortho intramolecular Hbond substituents is 1. The molecular weight excluding hydrogens is 454 g/mol. The third-order valence-electron chi connectivity index (χ3n) is 7.00. The second-order valence-electron chi connectivity index (χ2n) is 9.13. The third-order valence-corrected chi connectivity index (χ3v) is 7.00. The van der Waals surface area contributed by atoms with Crippen molar-refractivity contribution in [1.82, 2.24) is 14.8 Å². The lowest BCUT2D eigenvalue weighted by molar-refractivity contribution is 0.336. The number of hydrogen-bond donors (Lipinski definition) is 1. The van der Waals surface area contributed by atoms with Gasteiger partial charge in [0, 0.05) is 66.2 Å². The summed E-state index contributed by atoms with van der Waals surface area (Å²) >= 11 is 0. The van der Waals surface area contributed by atoms with Crippen LogP contribution < -0.4 is 19.3 Å². The third kappa shape index (κ3) is 4.06. The van der Waals surface area contributed by atoms with Crippen molar-refractivity contribution in [3.05, 3.63) is 59.5 Å². The molecule has 1 aliphatic rings. The Morgan fingerprint density at radius 3 is 2.31 bits per heavy atom. The van der Waals surface area contributed by atoms with Crippen LogP contribution in [-0.4, -0.2) is 59.8 Å². The predicted molar refractivity (Wildman–Crippen MR) is 143 cm³/mol. The molecule has 5 rings (SSSR count). The Morgan fingerprint density at radius 2 is 1.61 bits per heavy atom. The number of aromatic hydroxyl groups is 1. The summed E-state index contributed by atoms with van der Waals surface area (Å²) in [5.41, 5.74) is 5.13. The Bertz CT molecular complexity index is 1410.